The van der Waals surface area contributed by atoms with Gasteiger partial charge in [-0.2, -0.15) is 13.0 Å². The smallest absolute Gasteiger partial charge is 0.264 e. The number of hydrogen-bond acceptors (Lipinski definition) is 7. The monoisotopic (exact) mass is 580 g/mol. The van der Waals surface area contributed by atoms with E-state index >= 15 is 0 Å². The topological polar surface area (TPSA) is 147 Å². The van der Waals surface area contributed by atoms with Crippen LogP contribution in [-0.4, -0.2) is 71.7 Å². The number of benzene rings is 2. The Morgan fingerprint density at radius 2 is 1.41 bits per heavy atom. The maximum Gasteiger partial charge on any atom is 0.264 e. The van der Waals surface area contributed by atoms with Crippen molar-refractivity contribution in [3.63, 3.8) is 0 Å². The molecule has 2 aromatic rings. The van der Waals surface area contributed by atoms with E-state index in [1.807, 2.05) is 24.3 Å². The van der Waals surface area contributed by atoms with Gasteiger partial charge in [0.15, 0.2) is 5.71 Å². The standard InChI is InChI=1S/C14H19NO3S.C11H13N.C3H8O4S/c1-11-14(2,3)12-7-4-5-8-13(12)15(11)9-6-10-19(16,17)18;1-8-11(2,3)9-6-4-5-7-10(9)12-8;4-2-1-3-8(5,6)7/h4-5,7-8H,6,9-10H2,1-3H3;4-7H,1-3H3;4H,1-3H2,(H,5,6,7). The zero-order chi connectivity index (χ0) is 29.6. The van der Waals surface area contributed by atoms with E-state index < -0.39 is 20.2 Å². The minimum Gasteiger partial charge on any atom is -0.748 e. The lowest BCUT2D eigenvalue weighted by molar-refractivity contribution is -0.438. The summed E-state index contributed by atoms with van der Waals surface area (Å²) in [5.74, 6) is -0.664. The van der Waals surface area contributed by atoms with Gasteiger partial charge >= 0.3 is 0 Å². The van der Waals surface area contributed by atoms with Gasteiger partial charge in [0.25, 0.3) is 10.1 Å². The number of fused-ring (bicyclic) bond motifs is 2. The fraction of sp³-hybridized carbons (Fsp3) is 0.500. The first-order valence-electron chi connectivity index (χ1n) is 12.8. The molecule has 216 valence electrons. The van der Waals surface area contributed by atoms with Crippen LogP contribution in [-0.2, 0) is 31.1 Å². The van der Waals surface area contributed by atoms with Gasteiger partial charge in [-0.3, -0.25) is 9.55 Å². The van der Waals surface area contributed by atoms with Gasteiger partial charge in [-0.25, -0.2) is 8.42 Å². The molecule has 0 atom stereocenters. The van der Waals surface area contributed by atoms with E-state index in [1.54, 1.807) is 0 Å². The first kappa shape index (κ1) is 32.8. The number of aliphatic hydroxyl groups excluding tert-OH is 1. The van der Waals surface area contributed by atoms with Crippen LogP contribution in [0.1, 0.15) is 65.5 Å². The summed E-state index contributed by atoms with van der Waals surface area (Å²) < 4.78 is 61.8. The van der Waals surface area contributed by atoms with E-state index in [-0.39, 0.29) is 35.4 Å². The molecule has 0 aliphatic carbocycles. The molecule has 2 heterocycles. The zero-order valence-corrected chi connectivity index (χ0v) is 25.1. The predicted molar refractivity (Wildman–Crippen MR) is 154 cm³/mol. The Balaban J connectivity index is 0.000000228. The molecule has 0 saturated heterocycles. The van der Waals surface area contributed by atoms with Crippen molar-refractivity contribution in [3.05, 3.63) is 59.7 Å². The van der Waals surface area contributed by atoms with Crippen LogP contribution >= 0.6 is 0 Å². The molecule has 0 bridgehead atoms. The molecule has 0 radical (unpaired) electrons. The SMILES string of the molecule is CC1=Nc2ccccc2C1(C)C.CC1=[N+](CCCS(=O)(=O)[O-])c2ccccc2C1(C)C.O=S(=O)(O)CCCO. The van der Waals surface area contributed by atoms with Gasteiger partial charge in [0, 0.05) is 48.5 Å². The average molecular weight is 581 g/mol. The quantitative estimate of drug-likeness (QED) is 0.366. The van der Waals surface area contributed by atoms with Crippen molar-refractivity contribution in [1.29, 1.82) is 0 Å². The van der Waals surface area contributed by atoms with Crippen molar-refractivity contribution >= 4 is 43.0 Å². The number of hydrogen-bond donors (Lipinski definition) is 2. The summed E-state index contributed by atoms with van der Waals surface area (Å²) in [6.45, 7) is 13.3. The Hall–Kier alpha value is -2.44. The third kappa shape index (κ3) is 8.77. The highest BCUT2D eigenvalue weighted by molar-refractivity contribution is 7.85. The average Bonchev–Trinajstić information content (AvgIpc) is 3.18. The second-order valence-corrected chi connectivity index (χ2v) is 13.8. The summed E-state index contributed by atoms with van der Waals surface area (Å²) in [5.41, 5.74) is 7.35. The van der Waals surface area contributed by atoms with Gasteiger partial charge < -0.3 is 9.66 Å². The van der Waals surface area contributed by atoms with E-state index in [4.69, 9.17) is 9.66 Å². The molecule has 0 unspecified atom stereocenters. The van der Waals surface area contributed by atoms with Gasteiger partial charge in [-0.05, 0) is 38.8 Å². The fourth-order valence-electron chi connectivity index (χ4n) is 4.50. The molecule has 0 spiro atoms. The Labute approximate surface area is 232 Å². The van der Waals surface area contributed by atoms with Crippen molar-refractivity contribution in [2.75, 3.05) is 24.7 Å². The van der Waals surface area contributed by atoms with Crippen molar-refractivity contribution in [2.45, 2.75) is 65.2 Å². The molecular formula is C28H40N2O7S2. The molecule has 9 nitrogen and oxygen atoms in total. The largest absolute Gasteiger partial charge is 0.748 e. The number of aliphatic hydroxyl groups is 1. The normalized spacial score (nSPS) is 16.8. The van der Waals surface area contributed by atoms with Crippen LogP contribution in [0.15, 0.2) is 53.5 Å². The van der Waals surface area contributed by atoms with E-state index in [9.17, 15) is 21.4 Å². The van der Waals surface area contributed by atoms with Crippen LogP contribution in [0.4, 0.5) is 11.4 Å². The molecule has 0 fully saturated rings. The lowest BCUT2D eigenvalue weighted by atomic mass is 9.82. The first-order valence-corrected chi connectivity index (χ1v) is 16.0. The predicted octanol–water partition coefficient (Wildman–Crippen LogP) is 4.34. The number of nitrogens with zero attached hydrogens (tertiary/aromatic N) is 2. The summed E-state index contributed by atoms with van der Waals surface area (Å²) in [4.78, 5) is 4.52. The molecule has 0 saturated carbocycles. The van der Waals surface area contributed by atoms with Crippen LogP contribution in [0.2, 0.25) is 0 Å². The summed E-state index contributed by atoms with van der Waals surface area (Å²) in [6, 6.07) is 16.5. The van der Waals surface area contributed by atoms with Crippen LogP contribution in [0.25, 0.3) is 0 Å². The van der Waals surface area contributed by atoms with Gasteiger partial charge in [-0.1, -0.05) is 50.2 Å². The number of aliphatic imine (C=N–C) groups is 1. The first-order chi connectivity index (χ1) is 17.9. The highest BCUT2D eigenvalue weighted by Crippen LogP contribution is 2.40. The Bertz CT molecular complexity index is 1440. The Morgan fingerprint density at radius 3 is 1.92 bits per heavy atom. The fourth-order valence-corrected chi connectivity index (χ4v) is 5.48. The highest BCUT2D eigenvalue weighted by atomic mass is 32.2. The van der Waals surface area contributed by atoms with Crippen LogP contribution < -0.4 is 0 Å². The Morgan fingerprint density at radius 1 is 0.846 bits per heavy atom. The molecular weight excluding hydrogens is 540 g/mol. The lowest BCUT2D eigenvalue weighted by Crippen LogP contribution is -2.27. The maximum atomic E-state index is 10.7. The summed E-state index contributed by atoms with van der Waals surface area (Å²) >= 11 is 0. The second kappa shape index (κ2) is 12.8. The van der Waals surface area contributed by atoms with Crippen LogP contribution in [0.3, 0.4) is 0 Å². The van der Waals surface area contributed by atoms with Crippen molar-refractivity contribution in [2.24, 2.45) is 4.99 Å². The van der Waals surface area contributed by atoms with Crippen molar-refractivity contribution < 1.29 is 35.6 Å². The van der Waals surface area contributed by atoms with Crippen molar-refractivity contribution in [1.82, 2.24) is 0 Å². The van der Waals surface area contributed by atoms with Gasteiger partial charge in [0.2, 0.25) is 5.69 Å². The van der Waals surface area contributed by atoms with Gasteiger partial charge in [0.1, 0.15) is 6.54 Å². The van der Waals surface area contributed by atoms with E-state index in [0.29, 0.717) is 13.0 Å². The van der Waals surface area contributed by atoms with Gasteiger partial charge in [0.05, 0.1) is 27.0 Å². The molecule has 0 aromatic heterocycles. The minimum atomic E-state index is -4.13. The zero-order valence-electron chi connectivity index (χ0n) is 23.5. The molecule has 39 heavy (non-hydrogen) atoms. The number of para-hydroxylation sites is 2. The molecule has 2 aliphatic heterocycles. The maximum absolute atomic E-state index is 10.7. The minimum absolute atomic E-state index is 0.0487. The van der Waals surface area contributed by atoms with Gasteiger partial charge in [-0.15, -0.1) is 0 Å². The van der Waals surface area contributed by atoms with E-state index in [0.717, 1.165) is 11.4 Å². The molecule has 11 heteroatoms. The molecule has 2 aromatic carbocycles. The third-order valence-corrected chi connectivity index (χ3v) is 8.88. The van der Waals surface area contributed by atoms with Crippen molar-refractivity contribution in [3.8, 4) is 0 Å². The second-order valence-electron chi connectivity index (χ2n) is 10.7. The summed E-state index contributed by atoms with van der Waals surface area (Å²) in [6.07, 6.45) is 0.451. The van der Waals surface area contributed by atoms with E-state index in [1.165, 1.54) is 22.6 Å². The molecule has 2 aliphatic rings. The summed E-state index contributed by atoms with van der Waals surface area (Å²) in [7, 11) is -7.97. The molecule has 4 rings (SSSR count). The molecule has 0 amide bonds. The van der Waals surface area contributed by atoms with Crippen LogP contribution in [0, 0.1) is 0 Å². The highest BCUT2D eigenvalue weighted by Gasteiger charge is 2.42. The lowest BCUT2D eigenvalue weighted by Gasteiger charge is -2.19. The molecule has 2 N–H and O–H groups in total. The Kier molecular flexibility index (Phi) is 10.8. The third-order valence-electron chi connectivity index (χ3n) is 7.28. The van der Waals surface area contributed by atoms with Crippen LogP contribution in [0.5, 0.6) is 0 Å². The van der Waals surface area contributed by atoms with E-state index in [2.05, 4.69) is 75.4 Å². The summed E-state index contributed by atoms with van der Waals surface area (Å²) in [5, 5.41) is 8.05. The number of rotatable bonds is 7.